The normalized spacial score (nSPS) is 12.1. The monoisotopic (exact) mass is 352 g/mol. The maximum atomic E-state index is 11.9. The lowest BCUT2D eigenvalue weighted by Crippen LogP contribution is -2.33. The smallest absolute Gasteiger partial charge is 0.280 e. The molecule has 120 valence electrons. The molecule has 0 aliphatic heterocycles. The second-order valence-corrected chi connectivity index (χ2v) is 5.47. The van der Waals surface area contributed by atoms with Gasteiger partial charge in [-0.25, -0.2) is 5.43 Å². The number of aromatic hydroxyl groups is 1. The van der Waals surface area contributed by atoms with Crippen LogP contribution in [-0.4, -0.2) is 23.3 Å². The molecule has 2 aromatic rings. The Hall–Kier alpha value is -2.24. The summed E-state index contributed by atoms with van der Waals surface area (Å²) in [6.45, 7) is 1.57. The number of para-hydroxylation sites is 1. The number of hydrogen-bond donors (Lipinski definition) is 2. The average molecular weight is 353 g/mol. The van der Waals surface area contributed by atoms with Crippen LogP contribution in [0.4, 0.5) is 0 Å². The molecule has 0 spiro atoms. The molecule has 0 aliphatic rings. The van der Waals surface area contributed by atoms with Gasteiger partial charge in [0.05, 0.1) is 11.2 Å². The van der Waals surface area contributed by atoms with Gasteiger partial charge in [-0.05, 0) is 37.3 Å². The highest BCUT2D eigenvalue weighted by atomic mass is 35.5. The lowest BCUT2D eigenvalue weighted by Gasteiger charge is -2.14. The van der Waals surface area contributed by atoms with Crippen LogP contribution in [0.5, 0.6) is 11.5 Å². The molecule has 5 nitrogen and oxygen atoms in total. The summed E-state index contributed by atoms with van der Waals surface area (Å²) in [6, 6.07) is 11.4. The van der Waals surface area contributed by atoms with Crippen LogP contribution in [0.3, 0.4) is 0 Å². The first kappa shape index (κ1) is 17.1. The number of phenolic OH excluding ortho intramolecular Hbond substituents is 1. The van der Waals surface area contributed by atoms with Crippen LogP contribution >= 0.6 is 23.2 Å². The van der Waals surface area contributed by atoms with E-state index in [1.165, 1.54) is 18.3 Å². The van der Waals surface area contributed by atoms with Crippen LogP contribution in [0.15, 0.2) is 47.6 Å². The average Bonchev–Trinajstić information content (AvgIpc) is 2.51. The molecule has 1 unspecified atom stereocenters. The molecule has 0 saturated heterocycles. The van der Waals surface area contributed by atoms with Gasteiger partial charge in [-0.2, -0.15) is 5.10 Å². The molecule has 2 aromatic carbocycles. The number of nitrogens with one attached hydrogen (secondary N) is 1. The number of phenols is 1. The van der Waals surface area contributed by atoms with E-state index in [-0.39, 0.29) is 5.75 Å². The first-order chi connectivity index (χ1) is 11.0. The van der Waals surface area contributed by atoms with Gasteiger partial charge < -0.3 is 9.84 Å². The van der Waals surface area contributed by atoms with Crippen molar-refractivity contribution in [2.45, 2.75) is 13.0 Å². The molecule has 1 amide bonds. The first-order valence-corrected chi connectivity index (χ1v) is 7.45. The van der Waals surface area contributed by atoms with Gasteiger partial charge in [0.1, 0.15) is 11.5 Å². The molecule has 1 atom stereocenters. The van der Waals surface area contributed by atoms with Gasteiger partial charge in [0, 0.05) is 10.6 Å². The number of carbonyl (C=O) groups excluding carboxylic acids is 1. The minimum absolute atomic E-state index is 0.0720. The van der Waals surface area contributed by atoms with Crippen molar-refractivity contribution >= 4 is 35.3 Å². The Morgan fingerprint density at radius 1 is 1.30 bits per heavy atom. The highest BCUT2D eigenvalue weighted by Crippen LogP contribution is 2.28. The molecule has 0 bridgehead atoms. The van der Waals surface area contributed by atoms with Crippen LogP contribution in [0.1, 0.15) is 12.5 Å². The summed E-state index contributed by atoms with van der Waals surface area (Å²) in [5, 5.41) is 14.2. The molecule has 0 aliphatic carbocycles. The fraction of sp³-hybridized carbons (Fsp3) is 0.125. The van der Waals surface area contributed by atoms with Gasteiger partial charge in [0.25, 0.3) is 5.91 Å². The van der Waals surface area contributed by atoms with E-state index in [2.05, 4.69) is 10.5 Å². The minimum atomic E-state index is -0.810. The van der Waals surface area contributed by atoms with Crippen LogP contribution in [0, 0.1) is 0 Å². The van der Waals surface area contributed by atoms with E-state index in [1.807, 2.05) is 0 Å². The second-order valence-electron chi connectivity index (χ2n) is 4.63. The number of nitrogens with zero attached hydrogens (tertiary/aromatic N) is 1. The summed E-state index contributed by atoms with van der Waals surface area (Å²) in [7, 11) is 0. The van der Waals surface area contributed by atoms with Crippen molar-refractivity contribution in [3.05, 3.63) is 58.1 Å². The largest absolute Gasteiger partial charge is 0.507 e. The van der Waals surface area contributed by atoms with Crippen LogP contribution in [0.2, 0.25) is 10.0 Å². The number of halogens is 2. The van der Waals surface area contributed by atoms with E-state index in [9.17, 15) is 9.90 Å². The molecule has 0 radical (unpaired) electrons. The molecule has 0 heterocycles. The molecular weight excluding hydrogens is 339 g/mol. The van der Waals surface area contributed by atoms with Gasteiger partial charge >= 0.3 is 0 Å². The zero-order valence-corrected chi connectivity index (χ0v) is 13.7. The minimum Gasteiger partial charge on any atom is -0.507 e. The van der Waals surface area contributed by atoms with Crippen LogP contribution in [0.25, 0.3) is 0 Å². The fourth-order valence-corrected chi connectivity index (χ4v) is 2.12. The van der Waals surface area contributed by atoms with E-state index < -0.39 is 12.0 Å². The Bertz CT molecular complexity index is 735. The van der Waals surface area contributed by atoms with Crippen molar-refractivity contribution in [3.8, 4) is 11.5 Å². The number of amides is 1. The van der Waals surface area contributed by atoms with Gasteiger partial charge in [-0.3, -0.25) is 4.79 Å². The lowest BCUT2D eigenvalue weighted by molar-refractivity contribution is -0.127. The van der Waals surface area contributed by atoms with Crippen molar-refractivity contribution in [2.24, 2.45) is 5.10 Å². The van der Waals surface area contributed by atoms with Crippen LogP contribution < -0.4 is 10.2 Å². The molecule has 0 saturated carbocycles. The van der Waals surface area contributed by atoms with E-state index in [4.69, 9.17) is 27.9 Å². The summed E-state index contributed by atoms with van der Waals surface area (Å²) >= 11 is 11.8. The van der Waals surface area contributed by atoms with Gasteiger partial charge in [-0.15, -0.1) is 0 Å². The van der Waals surface area contributed by atoms with Crippen molar-refractivity contribution < 1.29 is 14.6 Å². The Balaban J connectivity index is 1.94. The number of hydrogen-bond acceptors (Lipinski definition) is 4. The Kier molecular flexibility index (Phi) is 5.84. The molecule has 7 heteroatoms. The highest BCUT2D eigenvalue weighted by molar-refractivity contribution is 6.35. The van der Waals surface area contributed by atoms with Gasteiger partial charge in [0.2, 0.25) is 0 Å². The lowest BCUT2D eigenvalue weighted by atomic mass is 10.2. The molecule has 0 aromatic heterocycles. The predicted molar refractivity (Wildman–Crippen MR) is 90.4 cm³/mol. The SMILES string of the molecule is CC(Oc1ccc(Cl)cc1Cl)C(=O)N/N=C/c1ccccc1O. The summed E-state index contributed by atoms with van der Waals surface area (Å²) < 4.78 is 5.46. The summed E-state index contributed by atoms with van der Waals surface area (Å²) in [5.41, 5.74) is 2.82. The zero-order chi connectivity index (χ0) is 16.8. The fourth-order valence-electron chi connectivity index (χ4n) is 1.67. The van der Waals surface area contributed by atoms with E-state index in [0.29, 0.717) is 21.4 Å². The highest BCUT2D eigenvalue weighted by Gasteiger charge is 2.15. The van der Waals surface area contributed by atoms with Crippen molar-refractivity contribution in [1.82, 2.24) is 5.43 Å². The third kappa shape index (κ3) is 4.87. The van der Waals surface area contributed by atoms with Gasteiger partial charge in [0.15, 0.2) is 6.10 Å². The maximum Gasteiger partial charge on any atom is 0.280 e. The second kappa shape index (κ2) is 7.85. The standard InChI is InChI=1S/C16H14Cl2N2O3/c1-10(23-15-7-6-12(17)8-13(15)18)16(22)20-19-9-11-4-2-3-5-14(11)21/h2-10,21H,1H3,(H,20,22)/b19-9+. The zero-order valence-electron chi connectivity index (χ0n) is 12.2. The summed E-state index contributed by atoms with van der Waals surface area (Å²) in [5.74, 6) is -0.0335. The Morgan fingerprint density at radius 3 is 2.74 bits per heavy atom. The molecular formula is C16H14Cl2N2O3. The van der Waals surface area contributed by atoms with Crippen molar-refractivity contribution in [2.75, 3.05) is 0 Å². The summed E-state index contributed by atoms with van der Waals surface area (Å²) in [6.07, 6.45) is 0.532. The topological polar surface area (TPSA) is 70.9 Å². The third-order valence-electron chi connectivity index (χ3n) is 2.88. The predicted octanol–water partition coefficient (Wildman–Crippen LogP) is 3.62. The van der Waals surface area contributed by atoms with Gasteiger partial charge in [-0.1, -0.05) is 35.3 Å². The molecule has 0 fully saturated rings. The van der Waals surface area contributed by atoms with Crippen molar-refractivity contribution in [1.29, 1.82) is 0 Å². The number of rotatable bonds is 5. The molecule has 2 N–H and O–H groups in total. The van der Waals surface area contributed by atoms with E-state index in [1.54, 1.807) is 37.3 Å². The number of hydrazone groups is 1. The molecule has 23 heavy (non-hydrogen) atoms. The summed E-state index contributed by atoms with van der Waals surface area (Å²) in [4.78, 5) is 11.9. The third-order valence-corrected chi connectivity index (χ3v) is 3.41. The number of ether oxygens (including phenoxy) is 1. The number of carbonyl (C=O) groups is 1. The maximum absolute atomic E-state index is 11.9. The quantitative estimate of drug-likeness (QED) is 0.637. The van der Waals surface area contributed by atoms with Crippen molar-refractivity contribution in [3.63, 3.8) is 0 Å². The van der Waals surface area contributed by atoms with E-state index in [0.717, 1.165) is 0 Å². The Labute approximate surface area is 143 Å². The Morgan fingerprint density at radius 2 is 2.04 bits per heavy atom. The van der Waals surface area contributed by atoms with Crippen LogP contribution in [-0.2, 0) is 4.79 Å². The first-order valence-electron chi connectivity index (χ1n) is 6.70. The molecule has 2 rings (SSSR count). The number of benzene rings is 2. The van der Waals surface area contributed by atoms with E-state index >= 15 is 0 Å².